The molecule has 0 amide bonds. The maximum atomic E-state index is 14.0. The largest absolute Gasteiger partial charge is 0.496 e. The second-order valence-electron chi connectivity index (χ2n) is 8.11. The molecule has 3 unspecified atom stereocenters. The molecule has 3 rings (SSSR count). The van der Waals surface area contributed by atoms with Crippen LogP contribution in [0.25, 0.3) is 0 Å². The second kappa shape index (κ2) is 7.74. The molecule has 1 aromatic carbocycles. The Balaban J connectivity index is 1.82. The van der Waals surface area contributed by atoms with Crippen LogP contribution in [0.2, 0.25) is 0 Å². The Morgan fingerprint density at radius 1 is 1.24 bits per heavy atom. The number of hydrogen-bond donors (Lipinski definition) is 3. The molecule has 3 N–H and O–H groups in total. The number of alkyl halides is 3. The van der Waals surface area contributed by atoms with Crippen LogP contribution in [0.3, 0.4) is 0 Å². The standard InChI is InChI=1S/C21H26F3N3O2/c1-19(2,15-7-4-5-10-18(15)29-3)12-20(28,21(22,23)24)13-25-16-8-6-9-17-14(16)11-26-27-17/h4-11,14,17,25,27-28H,12-13H2,1-3H3. The van der Waals surface area contributed by atoms with E-state index in [1.807, 2.05) is 6.08 Å². The molecule has 0 saturated carbocycles. The molecule has 5 nitrogen and oxygen atoms in total. The molecule has 0 fully saturated rings. The minimum absolute atomic E-state index is 0.0912. The number of fused-ring (bicyclic) bond motifs is 1. The van der Waals surface area contributed by atoms with E-state index in [9.17, 15) is 18.3 Å². The first-order chi connectivity index (χ1) is 13.6. The van der Waals surface area contributed by atoms with Crippen molar-refractivity contribution in [2.75, 3.05) is 13.7 Å². The van der Waals surface area contributed by atoms with E-state index in [4.69, 9.17) is 4.74 Å². The molecule has 29 heavy (non-hydrogen) atoms. The summed E-state index contributed by atoms with van der Waals surface area (Å²) in [6.07, 6.45) is 1.67. The van der Waals surface area contributed by atoms with Crippen LogP contribution in [0.4, 0.5) is 13.2 Å². The Bertz CT molecular complexity index is 833. The highest BCUT2D eigenvalue weighted by atomic mass is 19.4. The van der Waals surface area contributed by atoms with E-state index in [0.717, 1.165) is 0 Å². The van der Waals surface area contributed by atoms with Crippen molar-refractivity contribution >= 4 is 6.21 Å². The minimum atomic E-state index is -4.81. The monoisotopic (exact) mass is 409 g/mol. The number of ether oxygens (including phenoxy) is 1. The number of benzene rings is 1. The zero-order chi connectivity index (χ0) is 21.3. The number of methoxy groups -OCH3 is 1. The maximum absolute atomic E-state index is 14.0. The normalized spacial score (nSPS) is 23.1. The predicted octanol–water partition coefficient (Wildman–Crippen LogP) is 3.27. The van der Waals surface area contributed by atoms with Crippen molar-refractivity contribution in [3.05, 3.63) is 53.8 Å². The minimum Gasteiger partial charge on any atom is -0.496 e. The summed E-state index contributed by atoms with van der Waals surface area (Å²) < 4.78 is 47.2. The molecule has 0 aromatic heterocycles. The summed E-state index contributed by atoms with van der Waals surface area (Å²) in [5.41, 5.74) is 0.167. The molecule has 1 heterocycles. The van der Waals surface area contributed by atoms with Gasteiger partial charge in [0.25, 0.3) is 0 Å². The number of nitrogens with one attached hydrogen (secondary N) is 2. The van der Waals surface area contributed by atoms with Crippen molar-refractivity contribution in [3.8, 4) is 5.75 Å². The number of nitrogens with zero attached hydrogens (tertiary/aromatic N) is 1. The van der Waals surface area contributed by atoms with E-state index < -0.39 is 30.2 Å². The molecule has 158 valence electrons. The highest BCUT2D eigenvalue weighted by molar-refractivity contribution is 5.69. The average Bonchev–Trinajstić information content (AvgIpc) is 3.14. The number of hydrogen-bond acceptors (Lipinski definition) is 5. The summed E-state index contributed by atoms with van der Waals surface area (Å²) in [6.45, 7) is 2.69. The summed E-state index contributed by atoms with van der Waals surface area (Å²) in [5, 5.41) is 17.6. The van der Waals surface area contributed by atoms with Crippen molar-refractivity contribution < 1.29 is 23.0 Å². The lowest BCUT2D eigenvalue weighted by Gasteiger charge is -2.39. The van der Waals surface area contributed by atoms with Crippen LogP contribution in [-0.2, 0) is 5.41 Å². The number of rotatable bonds is 7. The fourth-order valence-corrected chi connectivity index (χ4v) is 3.93. The lowest BCUT2D eigenvalue weighted by Crippen LogP contribution is -2.55. The Labute approximate surface area is 168 Å². The number of allylic oxidation sites excluding steroid dienone is 2. The summed E-state index contributed by atoms with van der Waals surface area (Å²) in [5.74, 6) is 0.311. The average molecular weight is 409 g/mol. The van der Waals surface area contributed by atoms with Gasteiger partial charge >= 0.3 is 6.18 Å². The Kier molecular flexibility index (Phi) is 5.67. The third-order valence-corrected chi connectivity index (χ3v) is 5.48. The highest BCUT2D eigenvalue weighted by Gasteiger charge is 2.56. The number of halogens is 3. The van der Waals surface area contributed by atoms with Crippen LogP contribution < -0.4 is 15.5 Å². The summed E-state index contributed by atoms with van der Waals surface area (Å²) in [6, 6.07) is 6.84. The van der Waals surface area contributed by atoms with E-state index in [-0.39, 0.29) is 12.0 Å². The summed E-state index contributed by atoms with van der Waals surface area (Å²) in [7, 11) is 1.48. The van der Waals surface area contributed by atoms with Gasteiger partial charge in [0.05, 0.1) is 25.6 Å². The second-order valence-corrected chi connectivity index (χ2v) is 8.11. The van der Waals surface area contributed by atoms with Gasteiger partial charge in [0, 0.05) is 11.9 Å². The molecule has 8 heteroatoms. The SMILES string of the molecule is COc1ccccc1C(C)(C)CC(O)(CNC1=CC=CC2NN=CC12)C(F)(F)F. The third kappa shape index (κ3) is 4.27. The molecule has 0 spiro atoms. The van der Waals surface area contributed by atoms with Crippen molar-refractivity contribution in [1.29, 1.82) is 0 Å². The number of aliphatic hydroxyl groups is 1. The van der Waals surface area contributed by atoms with E-state index in [0.29, 0.717) is 17.0 Å². The molecule has 2 aliphatic rings. The van der Waals surface area contributed by atoms with Gasteiger partial charge in [-0.2, -0.15) is 18.3 Å². The first-order valence-electron chi connectivity index (χ1n) is 9.41. The van der Waals surface area contributed by atoms with Gasteiger partial charge in [-0.15, -0.1) is 0 Å². The topological polar surface area (TPSA) is 65.9 Å². The molecule has 0 radical (unpaired) electrons. The van der Waals surface area contributed by atoms with Gasteiger partial charge in [0.1, 0.15) is 5.75 Å². The van der Waals surface area contributed by atoms with Gasteiger partial charge < -0.3 is 20.6 Å². The lowest BCUT2D eigenvalue weighted by atomic mass is 9.74. The summed E-state index contributed by atoms with van der Waals surface area (Å²) >= 11 is 0. The molecule has 1 aliphatic heterocycles. The van der Waals surface area contributed by atoms with E-state index in [1.54, 1.807) is 56.5 Å². The summed E-state index contributed by atoms with van der Waals surface area (Å²) in [4.78, 5) is 0. The maximum Gasteiger partial charge on any atom is 0.418 e. The van der Waals surface area contributed by atoms with Gasteiger partial charge in [-0.25, -0.2) is 0 Å². The highest BCUT2D eigenvalue weighted by Crippen LogP contribution is 2.43. The molecule has 1 aromatic rings. The third-order valence-electron chi connectivity index (χ3n) is 5.48. The molecule has 0 bridgehead atoms. The zero-order valence-electron chi connectivity index (χ0n) is 16.6. The Hall–Kier alpha value is -2.48. The van der Waals surface area contributed by atoms with E-state index in [1.165, 1.54) is 7.11 Å². The molecule has 0 saturated heterocycles. The van der Waals surface area contributed by atoms with Gasteiger partial charge in [0.15, 0.2) is 5.60 Å². The zero-order valence-corrected chi connectivity index (χ0v) is 16.6. The molecular formula is C21H26F3N3O2. The van der Waals surface area contributed by atoms with Crippen LogP contribution in [-0.4, -0.2) is 42.8 Å². The van der Waals surface area contributed by atoms with Crippen molar-refractivity contribution in [1.82, 2.24) is 10.7 Å². The number of hydrazone groups is 1. The lowest BCUT2D eigenvalue weighted by molar-refractivity contribution is -0.264. The van der Waals surface area contributed by atoms with Crippen LogP contribution in [0.5, 0.6) is 5.75 Å². The van der Waals surface area contributed by atoms with E-state index in [2.05, 4.69) is 15.8 Å². The fourth-order valence-electron chi connectivity index (χ4n) is 3.93. The van der Waals surface area contributed by atoms with Crippen molar-refractivity contribution in [2.45, 2.75) is 43.5 Å². The van der Waals surface area contributed by atoms with Crippen LogP contribution in [0.15, 0.2) is 53.3 Å². The fraction of sp³-hybridized carbons (Fsp3) is 0.476. The van der Waals surface area contributed by atoms with E-state index >= 15 is 0 Å². The van der Waals surface area contributed by atoms with Gasteiger partial charge in [0.2, 0.25) is 0 Å². The molecule has 3 atom stereocenters. The van der Waals surface area contributed by atoms with Gasteiger partial charge in [-0.1, -0.05) is 44.2 Å². The Morgan fingerprint density at radius 3 is 2.66 bits per heavy atom. The quantitative estimate of drug-likeness (QED) is 0.647. The first-order valence-corrected chi connectivity index (χ1v) is 9.41. The smallest absolute Gasteiger partial charge is 0.418 e. The Morgan fingerprint density at radius 2 is 1.97 bits per heavy atom. The van der Waals surface area contributed by atoms with Gasteiger partial charge in [-0.05, 0) is 29.5 Å². The van der Waals surface area contributed by atoms with Crippen LogP contribution >= 0.6 is 0 Å². The van der Waals surface area contributed by atoms with Crippen LogP contribution in [0.1, 0.15) is 25.8 Å². The predicted molar refractivity (Wildman–Crippen MR) is 106 cm³/mol. The number of para-hydroxylation sites is 1. The van der Waals surface area contributed by atoms with Crippen molar-refractivity contribution in [2.24, 2.45) is 11.0 Å². The first kappa shape index (κ1) is 21.2. The van der Waals surface area contributed by atoms with Crippen LogP contribution in [0, 0.1) is 5.92 Å². The van der Waals surface area contributed by atoms with Crippen molar-refractivity contribution in [3.63, 3.8) is 0 Å². The van der Waals surface area contributed by atoms with Gasteiger partial charge in [-0.3, -0.25) is 0 Å². The molecule has 1 aliphatic carbocycles. The molecular weight excluding hydrogens is 383 g/mol.